The zero-order valence-corrected chi connectivity index (χ0v) is 15.5. The molecular formula is C20H24F3NO2. The number of hydrogen-bond acceptors (Lipinski definition) is 3. The lowest BCUT2D eigenvalue weighted by molar-refractivity contribution is -0.138. The summed E-state index contributed by atoms with van der Waals surface area (Å²) in [5, 5.41) is 19.5. The Hall–Kier alpha value is -2.29. The highest BCUT2D eigenvalue weighted by atomic mass is 19.4. The Labute approximate surface area is 152 Å². The minimum absolute atomic E-state index is 0.494. The topological polar surface area (TPSA) is 61.1 Å². The summed E-state index contributed by atoms with van der Waals surface area (Å²) in [7, 11) is 0. The number of benzene rings is 1. The number of nitrogens with zero attached hydrogens (tertiary/aromatic N) is 1. The van der Waals surface area contributed by atoms with Crippen LogP contribution in [0.3, 0.4) is 0 Å². The smallest absolute Gasteiger partial charge is 0.417 e. The van der Waals surface area contributed by atoms with E-state index in [0.717, 1.165) is 31.4 Å². The molecule has 1 aromatic carbocycles. The molecule has 0 atom stereocenters. The number of unbranched alkanes of at least 4 members (excludes halogenated alkanes) is 2. The Morgan fingerprint density at radius 1 is 1.19 bits per heavy atom. The number of nitriles is 1. The van der Waals surface area contributed by atoms with Gasteiger partial charge in [-0.15, -0.1) is 0 Å². The van der Waals surface area contributed by atoms with Crippen LogP contribution in [0.25, 0.3) is 5.76 Å². The molecule has 0 aliphatic carbocycles. The van der Waals surface area contributed by atoms with Gasteiger partial charge in [0.2, 0.25) is 0 Å². The van der Waals surface area contributed by atoms with Gasteiger partial charge in [-0.2, -0.15) is 18.4 Å². The molecule has 0 saturated carbocycles. The van der Waals surface area contributed by atoms with Crippen LogP contribution in [0.1, 0.15) is 63.6 Å². The quantitative estimate of drug-likeness (QED) is 0.297. The Morgan fingerprint density at radius 2 is 1.81 bits per heavy atom. The molecular weight excluding hydrogens is 343 g/mol. The minimum atomic E-state index is -4.71. The number of Topliss-reactive ketones (excluding diaryl/α,β-unsaturated/α-hetero) is 1. The van der Waals surface area contributed by atoms with E-state index in [1.54, 1.807) is 6.07 Å². The molecule has 6 heteroatoms. The normalized spacial score (nSPS) is 13.2. The maximum absolute atomic E-state index is 13.5. The molecule has 0 aliphatic rings. The lowest BCUT2D eigenvalue weighted by atomic mass is 9.85. The summed E-state index contributed by atoms with van der Waals surface area (Å²) in [4.78, 5) is 12.3. The molecule has 0 amide bonds. The fourth-order valence-corrected chi connectivity index (χ4v) is 2.49. The number of hydrogen-bond donors (Lipinski definition) is 1. The van der Waals surface area contributed by atoms with Gasteiger partial charge in [0, 0.05) is 11.0 Å². The highest BCUT2D eigenvalue weighted by Crippen LogP contribution is 2.37. The molecule has 0 radical (unpaired) electrons. The Morgan fingerprint density at radius 3 is 2.27 bits per heavy atom. The zero-order valence-electron chi connectivity index (χ0n) is 15.5. The summed E-state index contributed by atoms with van der Waals surface area (Å²) < 4.78 is 40.4. The molecule has 0 fully saturated rings. The van der Waals surface area contributed by atoms with Gasteiger partial charge >= 0.3 is 6.18 Å². The van der Waals surface area contributed by atoms with Gasteiger partial charge < -0.3 is 5.11 Å². The number of rotatable bonds is 6. The Balaban J connectivity index is 3.48. The number of aryl methyl sites for hydroxylation is 1. The molecule has 3 nitrogen and oxygen atoms in total. The van der Waals surface area contributed by atoms with Gasteiger partial charge in [-0.3, -0.25) is 4.79 Å². The number of halogens is 3. The number of carbonyl (C=O) groups is 1. The second-order valence-corrected chi connectivity index (χ2v) is 7.25. The first-order chi connectivity index (χ1) is 11.9. The first kappa shape index (κ1) is 21.8. The van der Waals surface area contributed by atoms with E-state index in [9.17, 15) is 28.3 Å². The Kier molecular flexibility index (Phi) is 7.02. The maximum Gasteiger partial charge on any atom is 0.417 e. The van der Waals surface area contributed by atoms with Crippen molar-refractivity contribution >= 4 is 11.5 Å². The average molecular weight is 367 g/mol. The first-order valence-corrected chi connectivity index (χ1v) is 8.52. The van der Waals surface area contributed by atoms with Crippen LogP contribution in [0.4, 0.5) is 13.2 Å². The predicted molar refractivity (Wildman–Crippen MR) is 94.3 cm³/mol. The molecule has 1 aromatic rings. The molecule has 0 spiro atoms. The average Bonchev–Trinajstić information content (AvgIpc) is 2.53. The van der Waals surface area contributed by atoms with Crippen LogP contribution in [0, 0.1) is 16.7 Å². The summed E-state index contributed by atoms with van der Waals surface area (Å²) in [6, 6.07) is 5.16. The van der Waals surface area contributed by atoms with E-state index in [4.69, 9.17) is 0 Å². The standard InChI is InChI=1S/C20H24F3NO2/c1-5-6-7-8-13-9-10-14(16(11-13)20(21,22)23)17(25)15(12-24)18(26)19(2,3)4/h9-11,25H,5-8H2,1-4H3/b17-15-. The molecule has 0 aromatic heterocycles. The number of carbonyl (C=O) groups excluding carboxylic acids is 1. The molecule has 0 saturated heterocycles. The highest BCUT2D eigenvalue weighted by Gasteiger charge is 2.36. The van der Waals surface area contributed by atoms with Crippen molar-refractivity contribution in [1.29, 1.82) is 5.26 Å². The summed E-state index contributed by atoms with van der Waals surface area (Å²) in [5.41, 5.74) is -2.76. The van der Waals surface area contributed by atoms with E-state index in [1.807, 2.05) is 6.92 Å². The number of ketones is 1. The first-order valence-electron chi connectivity index (χ1n) is 8.52. The predicted octanol–water partition coefficient (Wildman–Crippen LogP) is 5.85. The fourth-order valence-electron chi connectivity index (χ4n) is 2.49. The van der Waals surface area contributed by atoms with Crippen molar-refractivity contribution in [3.05, 3.63) is 40.5 Å². The van der Waals surface area contributed by atoms with Crippen molar-refractivity contribution in [2.45, 2.75) is 59.6 Å². The second-order valence-electron chi connectivity index (χ2n) is 7.25. The van der Waals surface area contributed by atoms with Crippen LogP contribution in [0.2, 0.25) is 0 Å². The summed E-state index contributed by atoms with van der Waals surface area (Å²) in [5.74, 6) is -1.64. The van der Waals surface area contributed by atoms with Crippen LogP contribution in [-0.2, 0) is 17.4 Å². The number of allylic oxidation sites excluding steroid dienone is 1. The summed E-state index contributed by atoms with van der Waals surface area (Å²) >= 11 is 0. The van der Waals surface area contributed by atoms with Crippen molar-refractivity contribution in [3.8, 4) is 6.07 Å². The number of alkyl halides is 3. The third-order valence-corrected chi connectivity index (χ3v) is 3.97. The van der Waals surface area contributed by atoms with E-state index in [1.165, 1.54) is 26.8 Å². The van der Waals surface area contributed by atoms with Gasteiger partial charge in [-0.1, -0.05) is 52.7 Å². The van der Waals surface area contributed by atoms with Crippen molar-refractivity contribution in [2.75, 3.05) is 0 Å². The van der Waals surface area contributed by atoms with Gasteiger partial charge in [-0.25, -0.2) is 0 Å². The van der Waals surface area contributed by atoms with Crippen LogP contribution < -0.4 is 0 Å². The van der Waals surface area contributed by atoms with Crippen LogP contribution in [-0.4, -0.2) is 10.9 Å². The van der Waals surface area contributed by atoms with Crippen molar-refractivity contribution in [3.63, 3.8) is 0 Å². The summed E-state index contributed by atoms with van der Waals surface area (Å²) in [6.45, 7) is 6.59. The largest absolute Gasteiger partial charge is 0.506 e. The van der Waals surface area contributed by atoms with Gasteiger partial charge in [0.1, 0.15) is 17.4 Å². The van der Waals surface area contributed by atoms with Crippen LogP contribution in [0.5, 0.6) is 0 Å². The third kappa shape index (κ3) is 5.35. The van der Waals surface area contributed by atoms with E-state index >= 15 is 0 Å². The zero-order chi connectivity index (χ0) is 20.1. The monoisotopic (exact) mass is 367 g/mol. The van der Waals surface area contributed by atoms with Crippen LogP contribution >= 0.6 is 0 Å². The molecule has 1 rings (SSSR count). The van der Waals surface area contributed by atoms with E-state index in [2.05, 4.69) is 0 Å². The van der Waals surface area contributed by atoms with Gasteiger partial charge in [0.05, 0.1) is 5.56 Å². The van der Waals surface area contributed by atoms with E-state index < -0.39 is 39.8 Å². The van der Waals surface area contributed by atoms with Crippen molar-refractivity contribution < 1.29 is 23.1 Å². The van der Waals surface area contributed by atoms with Crippen molar-refractivity contribution in [2.24, 2.45) is 5.41 Å². The molecule has 0 aliphatic heterocycles. The highest BCUT2D eigenvalue weighted by molar-refractivity contribution is 6.07. The molecule has 1 N–H and O–H groups in total. The minimum Gasteiger partial charge on any atom is -0.506 e. The lowest BCUT2D eigenvalue weighted by Crippen LogP contribution is -2.23. The van der Waals surface area contributed by atoms with Gasteiger partial charge in [-0.05, 0) is 24.5 Å². The van der Waals surface area contributed by atoms with Crippen LogP contribution in [0.15, 0.2) is 23.8 Å². The fraction of sp³-hybridized carbons (Fsp3) is 0.500. The molecule has 0 heterocycles. The second kappa shape index (κ2) is 8.39. The van der Waals surface area contributed by atoms with Gasteiger partial charge in [0.25, 0.3) is 0 Å². The Bertz CT molecular complexity index is 735. The molecule has 0 unspecified atom stereocenters. The number of aliphatic hydroxyl groups is 1. The van der Waals surface area contributed by atoms with Crippen molar-refractivity contribution in [1.82, 2.24) is 0 Å². The number of aliphatic hydroxyl groups excluding tert-OH is 1. The third-order valence-electron chi connectivity index (χ3n) is 3.97. The van der Waals surface area contributed by atoms with E-state index in [-0.39, 0.29) is 0 Å². The molecule has 142 valence electrons. The SMILES string of the molecule is CCCCCc1ccc(/C(O)=C(\C#N)C(=O)C(C)(C)C)c(C(F)(F)F)c1. The summed E-state index contributed by atoms with van der Waals surface area (Å²) in [6.07, 6.45) is -1.59. The molecule has 26 heavy (non-hydrogen) atoms. The maximum atomic E-state index is 13.5. The van der Waals surface area contributed by atoms with E-state index in [0.29, 0.717) is 12.0 Å². The van der Waals surface area contributed by atoms with Gasteiger partial charge in [0.15, 0.2) is 5.78 Å². The molecule has 0 bridgehead atoms. The lowest BCUT2D eigenvalue weighted by Gasteiger charge is -2.18.